The molecule has 7 nitrogen and oxygen atoms in total. The smallest absolute Gasteiger partial charge is 0.193 e. The first-order valence-corrected chi connectivity index (χ1v) is 11.3. The zero-order valence-electron chi connectivity index (χ0n) is 17.8. The molecule has 0 spiro atoms. The monoisotopic (exact) mass is 533 g/mol. The van der Waals surface area contributed by atoms with E-state index in [0.717, 1.165) is 23.0 Å². The Hall–Kier alpha value is -1.62. The molecule has 0 aliphatic heterocycles. The number of hydrogen-bond acceptors (Lipinski definition) is 4. The van der Waals surface area contributed by atoms with E-state index in [-0.39, 0.29) is 35.1 Å². The molecule has 0 amide bonds. The number of nitrogens with one attached hydrogen (secondary N) is 2. The van der Waals surface area contributed by atoms with Gasteiger partial charge in [-0.15, -0.1) is 24.0 Å². The van der Waals surface area contributed by atoms with Crippen LogP contribution in [0.2, 0.25) is 0 Å². The topological polar surface area (TPSA) is 90.4 Å². The Balaban J connectivity index is 0.00000420. The molecule has 0 aliphatic carbocycles. The molecule has 2 N–H and O–H groups in total. The lowest BCUT2D eigenvalue weighted by Gasteiger charge is -2.28. The van der Waals surface area contributed by atoms with Crippen molar-refractivity contribution < 1.29 is 8.42 Å². The van der Waals surface area contributed by atoms with Crippen LogP contribution in [-0.2, 0) is 16.4 Å². The van der Waals surface area contributed by atoms with Gasteiger partial charge >= 0.3 is 0 Å². The third-order valence-corrected chi connectivity index (χ3v) is 5.49. The number of H-pyrrole nitrogens is 1. The molecule has 0 radical (unpaired) electrons. The fourth-order valence-corrected chi connectivity index (χ4v) is 3.68. The van der Waals surface area contributed by atoms with Gasteiger partial charge in [0.15, 0.2) is 5.96 Å². The molecule has 0 saturated heterocycles. The summed E-state index contributed by atoms with van der Waals surface area (Å²) in [6, 6.07) is 10.1. The van der Waals surface area contributed by atoms with E-state index in [1.165, 1.54) is 6.26 Å². The van der Waals surface area contributed by atoms with Crippen molar-refractivity contribution in [2.75, 3.05) is 32.6 Å². The highest BCUT2D eigenvalue weighted by molar-refractivity contribution is 14.0. The normalized spacial score (nSPS) is 12.4. The van der Waals surface area contributed by atoms with Crippen LogP contribution in [0.5, 0.6) is 0 Å². The number of aliphatic imine (C=N–C) groups is 1. The number of halogens is 1. The lowest BCUT2D eigenvalue weighted by atomic mass is 9.90. The van der Waals surface area contributed by atoms with Crippen LogP contribution in [0.25, 0.3) is 11.3 Å². The molecule has 1 heterocycles. The fraction of sp³-hybridized carbons (Fsp3) is 0.500. The van der Waals surface area contributed by atoms with E-state index in [1.807, 2.05) is 48.5 Å². The van der Waals surface area contributed by atoms with Crippen molar-refractivity contribution in [1.29, 1.82) is 0 Å². The first kappa shape index (κ1) is 25.4. The first-order chi connectivity index (χ1) is 13.1. The van der Waals surface area contributed by atoms with Crippen molar-refractivity contribution >= 4 is 39.8 Å². The van der Waals surface area contributed by atoms with Gasteiger partial charge in [0, 0.05) is 26.9 Å². The van der Waals surface area contributed by atoms with E-state index in [1.54, 1.807) is 7.05 Å². The van der Waals surface area contributed by atoms with Crippen LogP contribution in [0.15, 0.2) is 41.5 Å². The molecule has 0 unspecified atom stereocenters. The van der Waals surface area contributed by atoms with Crippen LogP contribution in [0.4, 0.5) is 0 Å². The number of benzene rings is 1. The maximum atomic E-state index is 11.4. The van der Waals surface area contributed by atoms with Crippen LogP contribution in [0.3, 0.4) is 0 Å². The van der Waals surface area contributed by atoms with Gasteiger partial charge in [0.05, 0.1) is 24.2 Å². The molecule has 2 aromatic rings. The van der Waals surface area contributed by atoms with Gasteiger partial charge < -0.3 is 15.2 Å². The van der Waals surface area contributed by atoms with Crippen molar-refractivity contribution in [2.24, 2.45) is 10.4 Å². The quantitative estimate of drug-likeness (QED) is 0.309. The third-order valence-electron chi connectivity index (χ3n) is 4.55. The molecule has 162 valence electrons. The van der Waals surface area contributed by atoms with Gasteiger partial charge in [-0.1, -0.05) is 44.2 Å². The van der Waals surface area contributed by atoms with E-state index in [0.29, 0.717) is 19.5 Å². The number of rotatable bonds is 8. The molecule has 1 aromatic heterocycles. The van der Waals surface area contributed by atoms with Gasteiger partial charge in [-0.25, -0.2) is 13.4 Å². The van der Waals surface area contributed by atoms with Gasteiger partial charge in [-0.05, 0) is 17.4 Å². The van der Waals surface area contributed by atoms with Crippen LogP contribution in [0.1, 0.15) is 26.1 Å². The minimum Gasteiger partial charge on any atom is -0.356 e. The minimum absolute atomic E-state index is 0. The summed E-state index contributed by atoms with van der Waals surface area (Å²) in [5.41, 5.74) is 1.92. The van der Waals surface area contributed by atoms with Crippen molar-refractivity contribution in [2.45, 2.75) is 26.8 Å². The number of guanidine groups is 1. The summed E-state index contributed by atoms with van der Waals surface area (Å²) in [6.07, 6.45) is 3.71. The van der Waals surface area contributed by atoms with Crippen LogP contribution < -0.4 is 5.32 Å². The van der Waals surface area contributed by atoms with Crippen molar-refractivity contribution in [3.63, 3.8) is 0 Å². The second-order valence-electron chi connectivity index (χ2n) is 7.91. The highest BCUT2D eigenvalue weighted by Crippen LogP contribution is 2.20. The second kappa shape index (κ2) is 11.0. The molecular formula is C20H32IN5O2S. The lowest BCUT2D eigenvalue weighted by molar-refractivity contribution is 0.340. The Labute approximate surface area is 191 Å². The van der Waals surface area contributed by atoms with Crippen LogP contribution in [0, 0.1) is 5.41 Å². The Morgan fingerprint density at radius 1 is 1.28 bits per heavy atom. The summed E-state index contributed by atoms with van der Waals surface area (Å²) in [4.78, 5) is 14.1. The Morgan fingerprint density at radius 3 is 2.52 bits per heavy atom. The molecule has 2 rings (SSSR count). The van der Waals surface area contributed by atoms with Gasteiger partial charge in [-0.2, -0.15) is 0 Å². The zero-order valence-corrected chi connectivity index (χ0v) is 20.9. The van der Waals surface area contributed by atoms with E-state index >= 15 is 0 Å². The van der Waals surface area contributed by atoms with Crippen molar-refractivity contribution in [3.8, 4) is 11.3 Å². The van der Waals surface area contributed by atoms with E-state index in [2.05, 4.69) is 34.1 Å². The molecule has 1 aromatic carbocycles. The standard InChI is InChI=1S/C20H31N5O2S.HI/c1-20(2,11-12-28(5,26)27)15-23-19(21-3)25(4)14-18-22-13-17(24-18)16-9-7-6-8-10-16;/h6-10,13H,11-12,14-15H2,1-5H3,(H,21,23)(H,22,24);1H. The highest BCUT2D eigenvalue weighted by Gasteiger charge is 2.21. The summed E-state index contributed by atoms with van der Waals surface area (Å²) in [5.74, 6) is 1.77. The maximum Gasteiger partial charge on any atom is 0.193 e. The molecule has 0 atom stereocenters. The molecular weight excluding hydrogens is 501 g/mol. The van der Waals surface area contributed by atoms with E-state index in [4.69, 9.17) is 0 Å². The van der Waals surface area contributed by atoms with E-state index < -0.39 is 9.84 Å². The molecule has 0 bridgehead atoms. The zero-order chi connectivity index (χ0) is 20.8. The third kappa shape index (κ3) is 8.73. The van der Waals surface area contributed by atoms with E-state index in [9.17, 15) is 8.42 Å². The number of nitrogens with zero attached hydrogens (tertiary/aromatic N) is 3. The molecule has 0 fully saturated rings. The summed E-state index contributed by atoms with van der Waals surface area (Å²) in [5, 5.41) is 3.34. The van der Waals surface area contributed by atoms with Gasteiger partial charge in [0.1, 0.15) is 15.7 Å². The average Bonchev–Trinajstić information content (AvgIpc) is 3.09. The Morgan fingerprint density at radius 2 is 1.93 bits per heavy atom. The summed E-state index contributed by atoms with van der Waals surface area (Å²) in [7, 11) is 0.724. The maximum absolute atomic E-state index is 11.4. The summed E-state index contributed by atoms with van der Waals surface area (Å²) >= 11 is 0. The highest BCUT2D eigenvalue weighted by atomic mass is 127. The van der Waals surface area contributed by atoms with Crippen molar-refractivity contribution in [3.05, 3.63) is 42.4 Å². The molecule has 0 saturated carbocycles. The number of imidazole rings is 1. The molecule has 9 heteroatoms. The van der Waals surface area contributed by atoms with Crippen LogP contribution in [-0.4, -0.2) is 61.9 Å². The van der Waals surface area contributed by atoms with Gasteiger partial charge in [0.25, 0.3) is 0 Å². The largest absolute Gasteiger partial charge is 0.356 e. The SMILES string of the molecule is CN=C(NCC(C)(C)CCS(C)(=O)=O)N(C)Cc1ncc(-c2ccccc2)[nH]1.I. The Kier molecular flexibility index (Phi) is 9.60. The van der Waals surface area contributed by atoms with Gasteiger partial charge in [-0.3, -0.25) is 4.99 Å². The summed E-state index contributed by atoms with van der Waals surface area (Å²) < 4.78 is 22.9. The number of hydrogen-bond donors (Lipinski definition) is 2. The average molecular weight is 533 g/mol. The fourth-order valence-electron chi connectivity index (χ4n) is 2.76. The number of sulfone groups is 1. The minimum atomic E-state index is -2.96. The van der Waals surface area contributed by atoms with Gasteiger partial charge in [0.2, 0.25) is 0 Å². The predicted octanol–water partition coefficient (Wildman–Crippen LogP) is 3.16. The first-order valence-electron chi connectivity index (χ1n) is 9.28. The second-order valence-corrected chi connectivity index (χ2v) is 10.2. The Bertz CT molecular complexity index is 895. The van der Waals surface area contributed by atoms with Crippen LogP contribution >= 0.6 is 24.0 Å². The molecule has 29 heavy (non-hydrogen) atoms. The lowest BCUT2D eigenvalue weighted by Crippen LogP contribution is -2.43. The molecule has 0 aliphatic rings. The number of aromatic nitrogens is 2. The van der Waals surface area contributed by atoms with Crippen molar-refractivity contribution in [1.82, 2.24) is 20.2 Å². The predicted molar refractivity (Wildman–Crippen MR) is 130 cm³/mol. The number of aromatic amines is 1. The summed E-state index contributed by atoms with van der Waals surface area (Å²) in [6.45, 7) is 5.32.